The van der Waals surface area contributed by atoms with Crippen LogP contribution in [0, 0.1) is 0 Å². The van der Waals surface area contributed by atoms with Crippen molar-refractivity contribution in [3.63, 3.8) is 0 Å². The van der Waals surface area contributed by atoms with Gasteiger partial charge in [0.25, 0.3) is 0 Å². The average Bonchev–Trinajstić information content (AvgIpc) is 3.08. The Morgan fingerprint density at radius 1 is 1.43 bits per heavy atom. The van der Waals surface area contributed by atoms with Crippen LogP contribution in [0.4, 0.5) is 0 Å². The molecule has 21 heavy (non-hydrogen) atoms. The summed E-state index contributed by atoms with van der Waals surface area (Å²) in [5.41, 5.74) is 1.95. The van der Waals surface area contributed by atoms with Crippen LogP contribution in [0.2, 0.25) is 0 Å². The molecule has 3 heterocycles. The molecule has 1 fully saturated rings. The van der Waals surface area contributed by atoms with Crippen molar-refractivity contribution in [1.29, 1.82) is 0 Å². The number of nitrogens with one attached hydrogen (secondary N) is 1. The van der Waals surface area contributed by atoms with Gasteiger partial charge in [-0.05, 0) is 38.9 Å². The Morgan fingerprint density at radius 2 is 2.29 bits per heavy atom. The van der Waals surface area contributed by atoms with E-state index in [1.54, 1.807) is 0 Å². The van der Waals surface area contributed by atoms with Gasteiger partial charge in [0.1, 0.15) is 11.3 Å². The van der Waals surface area contributed by atoms with Gasteiger partial charge in [-0.2, -0.15) is 0 Å². The summed E-state index contributed by atoms with van der Waals surface area (Å²) in [6.07, 6.45) is 2.97. The third kappa shape index (κ3) is 2.68. The number of aromatic nitrogens is 3. The molecule has 2 atom stereocenters. The highest BCUT2D eigenvalue weighted by Crippen LogP contribution is 2.30. The summed E-state index contributed by atoms with van der Waals surface area (Å²) in [5, 5.41) is 3.59. The molecule has 0 aromatic carbocycles. The van der Waals surface area contributed by atoms with Crippen LogP contribution in [-0.2, 0) is 4.74 Å². The molecule has 0 spiro atoms. The molecule has 0 bridgehead atoms. The predicted molar refractivity (Wildman–Crippen MR) is 83.6 cm³/mol. The first-order chi connectivity index (χ1) is 10.2. The Morgan fingerprint density at radius 3 is 3.05 bits per heavy atom. The highest BCUT2D eigenvalue weighted by molar-refractivity contribution is 5.71. The molecule has 5 nitrogen and oxygen atoms in total. The van der Waals surface area contributed by atoms with Crippen molar-refractivity contribution in [1.82, 2.24) is 19.9 Å². The lowest BCUT2D eigenvalue weighted by Gasteiger charge is -2.21. The fraction of sp³-hybridized carbons (Fsp3) is 0.625. The monoisotopic (exact) mass is 288 g/mol. The van der Waals surface area contributed by atoms with Crippen molar-refractivity contribution in [3.05, 3.63) is 24.2 Å². The number of hydrogen-bond acceptors (Lipinski definition) is 4. The number of nitrogens with zero attached hydrogens (tertiary/aromatic N) is 3. The van der Waals surface area contributed by atoms with E-state index in [-0.39, 0.29) is 0 Å². The van der Waals surface area contributed by atoms with E-state index < -0.39 is 0 Å². The Balaban J connectivity index is 2.00. The molecule has 0 amide bonds. The fourth-order valence-corrected chi connectivity index (χ4v) is 3.06. The maximum Gasteiger partial charge on any atom is 0.160 e. The highest BCUT2D eigenvalue weighted by Gasteiger charge is 2.33. The van der Waals surface area contributed by atoms with E-state index in [1.165, 1.54) is 0 Å². The molecule has 1 aliphatic heterocycles. The van der Waals surface area contributed by atoms with Crippen molar-refractivity contribution < 1.29 is 4.74 Å². The number of rotatable bonds is 5. The molecule has 0 aliphatic carbocycles. The van der Waals surface area contributed by atoms with Crippen LogP contribution >= 0.6 is 0 Å². The van der Waals surface area contributed by atoms with Gasteiger partial charge in [0.15, 0.2) is 5.65 Å². The summed E-state index contributed by atoms with van der Waals surface area (Å²) in [7, 11) is 0. The quantitative estimate of drug-likeness (QED) is 0.918. The molecule has 0 radical (unpaired) electrons. The second-order valence-corrected chi connectivity index (χ2v) is 5.98. The summed E-state index contributed by atoms with van der Waals surface area (Å²) >= 11 is 0. The van der Waals surface area contributed by atoms with Gasteiger partial charge in [-0.15, -0.1) is 0 Å². The van der Waals surface area contributed by atoms with Crippen LogP contribution in [0.1, 0.15) is 45.0 Å². The Hall–Kier alpha value is -1.46. The Labute approximate surface area is 125 Å². The molecule has 2 aromatic rings. The van der Waals surface area contributed by atoms with Gasteiger partial charge in [0.2, 0.25) is 0 Å². The van der Waals surface area contributed by atoms with Crippen LogP contribution in [0.25, 0.3) is 11.2 Å². The van der Waals surface area contributed by atoms with Gasteiger partial charge in [-0.1, -0.05) is 6.92 Å². The summed E-state index contributed by atoms with van der Waals surface area (Å²) < 4.78 is 7.97. The Bertz CT molecular complexity index is 607. The lowest BCUT2D eigenvalue weighted by Crippen LogP contribution is -2.36. The molecule has 114 valence electrons. The first-order valence-corrected chi connectivity index (χ1v) is 7.86. The second-order valence-electron chi connectivity index (χ2n) is 5.98. The number of imidazole rings is 1. The van der Waals surface area contributed by atoms with E-state index in [9.17, 15) is 0 Å². The lowest BCUT2D eigenvalue weighted by molar-refractivity contribution is 0.187. The average molecular weight is 288 g/mol. The van der Waals surface area contributed by atoms with Gasteiger partial charge in [-0.25, -0.2) is 9.97 Å². The minimum Gasteiger partial charge on any atom is -0.379 e. The largest absolute Gasteiger partial charge is 0.379 e. The third-order valence-corrected chi connectivity index (χ3v) is 4.06. The molecular formula is C16H24N4O. The zero-order valence-electron chi connectivity index (χ0n) is 13.0. The molecule has 1 saturated heterocycles. The molecular weight excluding hydrogens is 264 g/mol. The topological polar surface area (TPSA) is 52.0 Å². The molecule has 2 aromatic heterocycles. The number of pyridine rings is 1. The normalized spacial score (nSPS) is 22.5. The standard InChI is InChI=1S/C16H24N4O/c1-4-7-17-14-10-21-9-12(14)15-19-13-6-5-8-18-16(13)20(15)11(2)3/h5-6,8,11-12,14,17H,4,7,9-10H2,1-3H3. The molecule has 0 saturated carbocycles. The van der Waals surface area contributed by atoms with Crippen LogP contribution in [0.5, 0.6) is 0 Å². The highest BCUT2D eigenvalue weighted by atomic mass is 16.5. The minimum atomic E-state index is 0.299. The van der Waals surface area contributed by atoms with Gasteiger partial charge >= 0.3 is 0 Å². The smallest absolute Gasteiger partial charge is 0.160 e. The van der Waals surface area contributed by atoms with Gasteiger partial charge < -0.3 is 14.6 Å². The third-order valence-electron chi connectivity index (χ3n) is 4.06. The van der Waals surface area contributed by atoms with Gasteiger partial charge in [0, 0.05) is 18.3 Å². The van der Waals surface area contributed by atoms with Crippen molar-refractivity contribution in [2.24, 2.45) is 0 Å². The minimum absolute atomic E-state index is 0.299. The number of ether oxygens (including phenoxy) is 1. The van der Waals surface area contributed by atoms with Crippen LogP contribution in [0.15, 0.2) is 18.3 Å². The maximum atomic E-state index is 5.72. The second kappa shape index (κ2) is 6.12. The molecule has 1 N–H and O–H groups in total. The summed E-state index contributed by atoms with van der Waals surface area (Å²) in [6.45, 7) is 9.07. The Kier molecular flexibility index (Phi) is 4.22. The van der Waals surface area contributed by atoms with Crippen molar-refractivity contribution in [2.45, 2.75) is 45.2 Å². The van der Waals surface area contributed by atoms with Crippen LogP contribution in [0.3, 0.4) is 0 Å². The van der Waals surface area contributed by atoms with Gasteiger partial charge in [-0.3, -0.25) is 0 Å². The fourth-order valence-electron chi connectivity index (χ4n) is 3.06. The summed E-state index contributed by atoms with van der Waals surface area (Å²) in [5.74, 6) is 1.40. The van der Waals surface area contributed by atoms with Gasteiger partial charge in [0.05, 0.1) is 19.1 Å². The van der Waals surface area contributed by atoms with Crippen molar-refractivity contribution >= 4 is 11.2 Å². The van der Waals surface area contributed by atoms with E-state index in [1.807, 2.05) is 18.3 Å². The molecule has 1 aliphatic rings. The summed E-state index contributed by atoms with van der Waals surface area (Å²) in [4.78, 5) is 9.38. The van der Waals surface area contributed by atoms with E-state index in [0.717, 1.165) is 43.2 Å². The zero-order valence-corrected chi connectivity index (χ0v) is 13.0. The number of hydrogen-bond donors (Lipinski definition) is 1. The van der Waals surface area contributed by atoms with E-state index in [2.05, 4.69) is 35.6 Å². The lowest BCUT2D eigenvalue weighted by atomic mass is 10.0. The first-order valence-electron chi connectivity index (χ1n) is 7.86. The van der Waals surface area contributed by atoms with Crippen LogP contribution < -0.4 is 5.32 Å². The zero-order chi connectivity index (χ0) is 14.8. The van der Waals surface area contributed by atoms with Crippen molar-refractivity contribution in [2.75, 3.05) is 19.8 Å². The maximum absolute atomic E-state index is 5.72. The molecule has 5 heteroatoms. The predicted octanol–water partition coefficient (Wildman–Crippen LogP) is 2.49. The first kappa shape index (κ1) is 14.5. The summed E-state index contributed by atoms with van der Waals surface area (Å²) in [6, 6.07) is 4.67. The molecule has 3 rings (SSSR count). The van der Waals surface area contributed by atoms with E-state index in [0.29, 0.717) is 18.0 Å². The SMILES string of the molecule is CCCNC1COCC1c1nc2cccnc2n1C(C)C. The molecule has 2 unspecified atom stereocenters. The van der Waals surface area contributed by atoms with Crippen LogP contribution in [-0.4, -0.2) is 40.3 Å². The van der Waals surface area contributed by atoms with E-state index >= 15 is 0 Å². The number of fused-ring (bicyclic) bond motifs is 1. The van der Waals surface area contributed by atoms with Crippen molar-refractivity contribution in [3.8, 4) is 0 Å². The van der Waals surface area contributed by atoms with E-state index in [4.69, 9.17) is 9.72 Å².